The molecular formula is C28H34F3N5OS. The molecule has 0 radical (unpaired) electrons. The summed E-state index contributed by atoms with van der Waals surface area (Å²) in [6.45, 7) is 9.61. The molecule has 1 unspecified atom stereocenters. The van der Waals surface area contributed by atoms with Gasteiger partial charge in [0, 0.05) is 53.7 Å². The summed E-state index contributed by atoms with van der Waals surface area (Å²) >= 11 is 1.08. The highest BCUT2D eigenvalue weighted by Crippen LogP contribution is 2.33. The number of thiophene rings is 1. The Hall–Kier alpha value is -2.69. The monoisotopic (exact) mass is 545 g/mol. The third-order valence-corrected chi connectivity index (χ3v) is 8.66. The van der Waals surface area contributed by atoms with Gasteiger partial charge < -0.3 is 15.0 Å². The van der Waals surface area contributed by atoms with E-state index in [0.29, 0.717) is 22.6 Å². The lowest BCUT2D eigenvalue weighted by Gasteiger charge is -2.33. The van der Waals surface area contributed by atoms with E-state index < -0.39 is 12.6 Å². The highest BCUT2D eigenvalue weighted by molar-refractivity contribution is 7.18. The molecule has 0 aliphatic carbocycles. The van der Waals surface area contributed by atoms with Crippen LogP contribution in [-0.4, -0.2) is 56.0 Å². The summed E-state index contributed by atoms with van der Waals surface area (Å²) in [5, 5.41) is 15.6. The molecule has 3 aromatic heterocycles. The standard InChI is InChI=1S/C28H34F3N5OS/c1-4-21(37)15-36-17(2)11-23-18(3)19(5-6-25(23)36)14-35-9-7-20(8-10-35)34-26-24-12-22(13-28(29,30)31)38-27(24)33-16-32-26/h5-6,11-12,16,20-21,37H,4,7-10,13-15H2,1-3H3,(H,32,33,34). The molecule has 5 rings (SSSR count). The fraction of sp³-hybridized carbons (Fsp3) is 0.500. The number of halogens is 3. The molecule has 1 aliphatic rings. The number of likely N-dealkylation sites (tertiary alicyclic amines) is 1. The molecule has 0 amide bonds. The van der Waals surface area contributed by atoms with E-state index in [2.05, 4.69) is 56.8 Å². The minimum absolute atomic E-state index is 0.209. The van der Waals surface area contributed by atoms with Gasteiger partial charge in [-0.2, -0.15) is 13.2 Å². The lowest BCUT2D eigenvalue weighted by atomic mass is 10.0. The van der Waals surface area contributed by atoms with Crippen LogP contribution in [0.2, 0.25) is 0 Å². The van der Waals surface area contributed by atoms with Gasteiger partial charge in [-0.25, -0.2) is 9.97 Å². The predicted octanol–water partition coefficient (Wildman–Crippen LogP) is 6.22. The van der Waals surface area contributed by atoms with Crippen LogP contribution in [0.3, 0.4) is 0 Å². The molecule has 0 bridgehead atoms. The van der Waals surface area contributed by atoms with Crippen LogP contribution in [0.25, 0.3) is 21.1 Å². The zero-order valence-corrected chi connectivity index (χ0v) is 22.8. The number of nitrogens with zero attached hydrogens (tertiary/aromatic N) is 4. The molecule has 1 aromatic carbocycles. The first-order valence-corrected chi connectivity index (χ1v) is 14.0. The first kappa shape index (κ1) is 26.9. The van der Waals surface area contributed by atoms with Gasteiger partial charge in [-0.3, -0.25) is 4.90 Å². The molecule has 1 aliphatic heterocycles. The summed E-state index contributed by atoms with van der Waals surface area (Å²) < 4.78 is 40.8. The molecule has 2 N–H and O–H groups in total. The number of piperidine rings is 1. The third kappa shape index (κ3) is 5.82. The Balaban J connectivity index is 1.23. The van der Waals surface area contributed by atoms with E-state index >= 15 is 0 Å². The molecule has 1 atom stereocenters. The van der Waals surface area contributed by atoms with Gasteiger partial charge in [0.1, 0.15) is 17.0 Å². The summed E-state index contributed by atoms with van der Waals surface area (Å²) in [5.74, 6) is 0.618. The van der Waals surface area contributed by atoms with Crippen molar-refractivity contribution in [2.45, 2.75) is 77.9 Å². The number of aliphatic hydroxyl groups excluding tert-OH is 1. The maximum Gasteiger partial charge on any atom is 0.393 e. The van der Waals surface area contributed by atoms with Crippen LogP contribution < -0.4 is 5.32 Å². The topological polar surface area (TPSA) is 66.2 Å². The number of alkyl halides is 3. The quantitative estimate of drug-likeness (QED) is 0.275. The summed E-state index contributed by atoms with van der Waals surface area (Å²) in [6, 6.07) is 8.39. The number of aliphatic hydroxyl groups is 1. The fourth-order valence-corrected chi connectivity index (χ4v) is 6.41. The summed E-state index contributed by atoms with van der Waals surface area (Å²) in [6.07, 6.45) is -1.52. The first-order chi connectivity index (χ1) is 18.1. The largest absolute Gasteiger partial charge is 0.393 e. The van der Waals surface area contributed by atoms with Crippen molar-refractivity contribution in [3.8, 4) is 0 Å². The second kappa shape index (κ2) is 10.8. The average molecular weight is 546 g/mol. The first-order valence-electron chi connectivity index (χ1n) is 13.2. The van der Waals surface area contributed by atoms with Gasteiger partial charge in [0.15, 0.2) is 0 Å². The van der Waals surface area contributed by atoms with E-state index in [1.54, 1.807) is 6.07 Å². The van der Waals surface area contributed by atoms with Crippen molar-refractivity contribution in [3.05, 3.63) is 52.3 Å². The molecular weight excluding hydrogens is 511 g/mol. The van der Waals surface area contributed by atoms with Crippen LogP contribution in [0, 0.1) is 13.8 Å². The molecule has 4 aromatic rings. The van der Waals surface area contributed by atoms with Crippen LogP contribution in [0.5, 0.6) is 0 Å². The normalized spacial score (nSPS) is 16.5. The summed E-state index contributed by atoms with van der Waals surface area (Å²) in [5.41, 5.74) is 4.92. The second-order valence-corrected chi connectivity index (χ2v) is 11.5. The van der Waals surface area contributed by atoms with Crippen molar-refractivity contribution in [3.63, 3.8) is 0 Å². The maximum atomic E-state index is 12.9. The van der Waals surface area contributed by atoms with Gasteiger partial charge in [-0.15, -0.1) is 11.3 Å². The Kier molecular flexibility index (Phi) is 7.66. The predicted molar refractivity (Wildman–Crippen MR) is 147 cm³/mol. The van der Waals surface area contributed by atoms with Crippen molar-refractivity contribution < 1.29 is 18.3 Å². The van der Waals surface area contributed by atoms with E-state index in [9.17, 15) is 18.3 Å². The highest BCUT2D eigenvalue weighted by Gasteiger charge is 2.29. The van der Waals surface area contributed by atoms with E-state index in [0.717, 1.165) is 55.9 Å². The van der Waals surface area contributed by atoms with Gasteiger partial charge in [0.25, 0.3) is 0 Å². The van der Waals surface area contributed by atoms with Crippen LogP contribution in [0.4, 0.5) is 19.0 Å². The molecule has 1 fully saturated rings. The molecule has 1 saturated heterocycles. The minimum atomic E-state index is -4.24. The SMILES string of the molecule is CCC(O)Cn1c(C)cc2c(C)c(CN3CCC(Nc4ncnc5sc(CC(F)(F)F)cc45)CC3)ccc21. The Labute approximate surface area is 224 Å². The van der Waals surface area contributed by atoms with Crippen LogP contribution in [0.1, 0.15) is 47.9 Å². The number of hydrogen-bond acceptors (Lipinski definition) is 6. The Morgan fingerprint density at radius 2 is 1.89 bits per heavy atom. The number of anilines is 1. The van der Waals surface area contributed by atoms with Gasteiger partial charge in [-0.05, 0) is 62.4 Å². The highest BCUT2D eigenvalue weighted by atomic mass is 32.1. The van der Waals surface area contributed by atoms with Crippen molar-refractivity contribution in [1.29, 1.82) is 0 Å². The van der Waals surface area contributed by atoms with Crippen LogP contribution >= 0.6 is 11.3 Å². The zero-order valence-electron chi connectivity index (χ0n) is 22.0. The van der Waals surface area contributed by atoms with Crippen molar-refractivity contribution in [2.75, 3.05) is 18.4 Å². The molecule has 6 nitrogen and oxygen atoms in total. The Morgan fingerprint density at radius 1 is 1.13 bits per heavy atom. The van der Waals surface area contributed by atoms with Crippen molar-refractivity contribution in [2.24, 2.45) is 0 Å². The van der Waals surface area contributed by atoms with Gasteiger partial charge in [0.2, 0.25) is 0 Å². The molecule has 0 saturated carbocycles. The van der Waals surface area contributed by atoms with E-state index in [-0.39, 0.29) is 17.0 Å². The van der Waals surface area contributed by atoms with Crippen molar-refractivity contribution in [1.82, 2.24) is 19.4 Å². The molecule has 10 heteroatoms. The van der Waals surface area contributed by atoms with Crippen molar-refractivity contribution >= 4 is 38.3 Å². The maximum absolute atomic E-state index is 12.9. The summed E-state index contributed by atoms with van der Waals surface area (Å²) in [4.78, 5) is 11.8. The average Bonchev–Trinajstić information content (AvgIpc) is 3.42. The number of aryl methyl sites for hydroxylation is 2. The molecule has 38 heavy (non-hydrogen) atoms. The Morgan fingerprint density at radius 3 is 2.61 bits per heavy atom. The molecule has 204 valence electrons. The third-order valence-electron chi connectivity index (χ3n) is 7.62. The van der Waals surface area contributed by atoms with Gasteiger partial charge in [-0.1, -0.05) is 13.0 Å². The molecule has 0 spiro atoms. The number of fused-ring (bicyclic) bond motifs is 2. The minimum Gasteiger partial charge on any atom is -0.391 e. The number of rotatable bonds is 8. The van der Waals surface area contributed by atoms with E-state index in [4.69, 9.17) is 0 Å². The number of hydrogen-bond donors (Lipinski definition) is 2. The van der Waals surface area contributed by atoms with Gasteiger partial charge in [0.05, 0.1) is 17.9 Å². The number of nitrogens with one attached hydrogen (secondary N) is 1. The van der Waals surface area contributed by atoms with Crippen LogP contribution in [-0.2, 0) is 19.5 Å². The lowest BCUT2D eigenvalue weighted by Crippen LogP contribution is -2.39. The van der Waals surface area contributed by atoms with E-state index in [1.807, 2.05) is 6.92 Å². The lowest BCUT2D eigenvalue weighted by molar-refractivity contribution is -0.126. The second-order valence-electron chi connectivity index (χ2n) is 10.4. The number of aromatic nitrogens is 3. The smallest absolute Gasteiger partial charge is 0.391 e. The van der Waals surface area contributed by atoms with Crippen LogP contribution in [0.15, 0.2) is 30.6 Å². The van der Waals surface area contributed by atoms with Gasteiger partial charge >= 0.3 is 6.18 Å². The Bertz CT molecular complexity index is 1420. The number of benzene rings is 1. The van der Waals surface area contributed by atoms with E-state index in [1.165, 1.54) is 28.4 Å². The molecule has 4 heterocycles. The fourth-order valence-electron chi connectivity index (χ4n) is 5.38. The summed E-state index contributed by atoms with van der Waals surface area (Å²) in [7, 11) is 0. The zero-order chi connectivity index (χ0) is 27.0.